The third-order valence-electron chi connectivity index (χ3n) is 3.62. The molecule has 22 heavy (non-hydrogen) atoms. The Balaban J connectivity index is 2.09. The second-order valence-corrected chi connectivity index (χ2v) is 8.32. The van der Waals surface area contributed by atoms with Crippen LogP contribution < -0.4 is 5.32 Å². The molecule has 1 saturated heterocycles. The highest BCUT2D eigenvalue weighted by Crippen LogP contribution is 2.23. The number of benzene rings is 1. The van der Waals surface area contributed by atoms with Crippen molar-refractivity contribution in [2.24, 2.45) is 0 Å². The van der Waals surface area contributed by atoms with E-state index in [4.69, 9.17) is 12.2 Å². The minimum atomic E-state index is -3.44. The van der Waals surface area contributed by atoms with Crippen molar-refractivity contribution in [1.82, 2.24) is 14.5 Å². The Hall–Kier alpha value is -0.700. The van der Waals surface area contributed by atoms with Crippen LogP contribution in [0.25, 0.3) is 0 Å². The zero-order valence-electron chi connectivity index (χ0n) is 12.7. The summed E-state index contributed by atoms with van der Waals surface area (Å²) in [6.07, 6.45) is 0. The number of hydrogen-bond donors (Lipinski definition) is 1. The number of sulfonamides is 1. The van der Waals surface area contributed by atoms with Gasteiger partial charge in [0.25, 0.3) is 0 Å². The highest BCUT2D eigenvalue weighted by molar-refractivity contribution is 9.10. The topological polar surface area (TPSA) is 52.6 Å². The van der Waals surface area contributed by atoms with E-state index in [1.807, 2.05) is 18.7 Å². The van der Waals surface area contributed by atoms with Crippen LogP contribution in [0.2, 0.25) is 0 Å². The van der Waals surface area contributed by atoms with E-state index in [0.717, 1.165) is 16.6 Å². The van der Waals surface area contributed by atoms with Crippen LogP contribution >= 0.6 is 28.1 Å². The molecule has 1 aromatic rings. The van der Waals surface area contributed by atoms with Crippen LogP contribution in [-0.4, -0.2) is 55.5 Å². The molecule has 1 aliphatic heterocycles. The Morgan fingerprint density at radius 3 is 2.50 bits per heavy atom. The molecular formula is C14H20BrN3O2S2. The maximum atomic E-state index is 12.7. The van der Waals surface area contributed by atoms with E-state index in [9.17, 15) is 8.42 Å². The van der Waals surface area contributed by atoms with Gasteiger partial charge in [-0.3, -0.25) is 0 Å². The van der Waals surface area contributed by atoms with Gasteiger partial charge in [-0.1, -0.05) is 15.9 Å². The lowest BCUT2D eigenvalue weighted by molar-refractivity contribution is 0.264. The van der Waals surface area contributed by atoms with Crippen molar-refractivity contribution in [3.8, 4) is 0 Å². The molecule has 122 valence electrons. The molecule has 0 unspecified atom stereocenters. The van der Waals surface area contributed by atoms with Crippen LogP contribution in [0.15, 0.2) is 27.6 Å². The number of piperazine rings is 1. The monoisotopic (exact) mass is 405 g/mol. The number of nitrogens with one attached hydrogen (secondary N) is 1. The fourth-order valence-electron chi connectivity index (χ4n) is 2.32. The molecule has 0 atom stereocenters. The molecule has 0 spiro atoms. The van der Waals surface area contributed by atoms with E-state index in [1.165, 1.54) is 4.31 Å². The van der Waals surface area contributed by atoms with Crippen molar-refractivity contribution in [2.45, 2.75) is 18.7 Å². The number of nitrogens with zero attached hydrogens (tertiary/aromatic N) is 2. The van der Waals surface area contributed by atoms with E-state index in [0.29, 0.717) is 36.2 Å². The van der Waals surface area contributed by atoms with E-state index in [1.54, 1.807) is 18.2 Å². The maximum Gasteiger partial charge on any atom is 0.243 e. The molecule has 0 amide bonds. The summed E-state index contributed by atoms with van der Waals surface area (Å²) in [5, 5.41) is 3.79. The number of thiocarbonyl (C=S) groups is 1. The lowest BCUT2D eigenvalue weighted by Crippen LogP contribution is -2.52. The smallest absolute Gasteiger partial charge is 0.243 e. The third kappa shape index (κ3) is 3.79. The first kappa shape index (κ1) is 17.7. The van der Waals surface area contributed by atoms with Crippen molar-refractivity contribution in [3.63, 3.8) is 0 Å². The van der Waals surface area contributed by atoms with Gasteiger partial charge in [0.2, 0.25) is 10.0 Å². The average Bonchev–Trinajstić information content (AvgIpc) is 2.50. The maximum absolute atomic E-state index is 12.7. The number of rotatable bonds is 3. The summed E-state index contributed by atoms with van der Waals surface area (Å²) in [6, 6.07) is 5.12. The SMILES string of the molecule is CCNC(=S)N1CCN(S(=O)(=O)c2ccc(Br)c(C)c2)CC1. The molecule has 0 aliphatic carbocycles. The second-order valence-electron chi connectivity index (χ2n) is 5.14. The van der Waals surface area contributed by atoms with Gasteiger partial charge < -0.3 is 10.2 Å². The average molecular weight is 406 g/mol. The van der Waals surface area contributed by atoms with E-state index < -0.39 is 10.0 Å². The minimum absolute atomic E-state index is 0.343. The summed E-state index contributed by atoms with van der Waals surface area (Å²) < 4.78 is 27.8. The molecule has 5 nitrogen and oxygen atoms in total. The summed E-state index contributed by atoms with van der Waals surface area (Å²) in [5.41, 5.74) is 0.910. The highest BCUT2D eigenvalue weighted by atomic mass is 79.9. The Labute approximate surface area is 145 Å². The normalized spacial score (nSPS) is 16.6. The van der Waals surface area contributed by atoms with Crippen molar-refractivity contribution in [2.75, 3.05) is 32.7 Å². The van der Waals surface area contributed by atoms with Gasteiger partial charge in [-0.05, 0) is 49.8 Å². The second kappa shape index (κ2) is 7.25. The van der Waals surface area contributed by atoms with Gasteiger partial charge in [0, 0.05) is 37.2 Å². The molecule has 1 aromatic carbocycles. The molecule has 1 fully saturated rings. The van der Waals surface area contributed by atoms with Gasteiger partial charge >= 0.3 is 0 Å². The summed E-state index contributed by atoms with van der Waals surface area (Å²) in [6.45, 7) is 6.77. The van der Waals surface area contributed by atoms with Crippen LogP contribution in [0.5, 0.6) is 0 Å². The van der Waals surface area contributed by atoms with Crippen LogP contribution in [0, 0.1) is 6.92 Å². The zero-order chi connectivity index (χ0) is 16.3. The van der Waals surface area contributed by atoms with Gasteiger partial charge in [-0.2, -0.15) is 4.31 Å². The largest absolute Gasteiger partial charge is 0.363 e. The van der Waals surface area contributed by atoms with E-state index in [-0.39, 0.29) is 0 Å². The van der Waals surface area contributed by atoms with E-state index in [2.05, 4.69) is 21.2 Å². The minimum Gasteiger partial charge on any atom is -0.363 e. The van der Waals surface area contributed by atoms with Crippen LogP contribution in [-0.2, 0) is 10.0 Å². The first-order valence-corrected chi connectivity index (χ1v) is 9.79. The molecule has 0 radical (unpaired) electrons. The standard InChI is InChI=1S/C14H20BrN3O2S2/c1-3-16-14(21)17-6-8-18(9-7-17)22(19,20)12-4-5-13(15)11(2)10-12/h4-5,10H,3,6-9H2,1-2H3,(H,16,21). The van der Waals surface area contributed by atoms with Gasteiger partial charge in [0.15, 0.2) is 5.11 Å². The Morgan fingerprint density at radius 1 is 1.32 bits per heavy atom. The quantitative estimate of drug-likeness (QED) is 0.778. The summed E-state index contributed by atoms with van der Waals surface area (Å²) in [7, 11) is -3.44. The number of halogens is 1. The first-order valence-electron chi connectivity index (χ1n) is 7.15. The number of aryl methyl sites for hydroxylation is 1. The summed E-state index contributed by atoms with van der Waals surface area (Å²) >= 11 is 8.67. The molecule has 0 aromatic heterocycles. The molecule has 2 rings (SSSR count). The van der Waals surface area contributed by atoms with Gasteiger partial charge in [0.1, 0.15) is 0 Å². The van der Waals surface area contributed by atoms with Crippen molar-refractivity contribution < 1.29 is 8.42 Å². The molecular weight excluding hydrogens is 386 g/mol. The Bertz CT molecular complexity index is 656. The summed E-state index contributed by atoms with van der Waals surface area (Å²) in [4.78, 5) is 2.36. The summed E-state index contributed by atoms with van der Waals surface area (Å²) in [5.74, 6) is 0. The van der Waals surface area contributed by atoms with Crippen molar-refractivity contribution in [1.29, 1.82) is 0 Å². The van der Waals surface area contributed by atoms with Crippen molar-refractivity contribution in [3.05, 3.63) is 28.2 Å². The van der Waals surface area contributed by atoms with Gasteiger partial charge in [0.05, 0.1) is 4.90 Å². The molecule has 0 saturated carbocycles. The van der Waals surface area contributed by atoms with Gasteiger partial charge in [-0.15, -0.1) is 0 Å². The fourth-order valence-corrected chi connectivity index (χ4v) is 4.40. The lowest BCUT2D eigenvalue weighted by Gasteiger charge is -2.35. The van der Waals surface area contributed by atoms with Crippen LogP contribution in [0.3, 0.4) is 0 Å². The fraction of sp³-hybridized carbons (Fsp3) is 0.500. The highest BCUT2D eigenvalue weighted by Gasteiger charge is 2.29. The molecule has 1 N–H and O–H groups in total. The predicted octanol–water partition coefficient (Wildman–Crippen LogP) is 1.96. The van der Waals surface area contributed by atoms with Crippen molar-refractivity contribution >= 4 is 43.3 Å². The first-order chi connectivity index (χ1) is 10.4. The third-order valence-corrected chi connectivity index (χ3v) is 6.81. The molecule has 1 heterocycles. The van der Waals surface area contributed by atoms with Gasteiger partial charge in [-0.25, -0.2) is 8.42 Å². The number of hydrogen-bond acceptors (Lipinski definition) is 3. The van der Waals surface area contributed by atoms with Crippen LogP contribution in [0.1, 0.15) is 12.5 Å². The molecule has 0 bridgehead atoms. The molecule has 1 aliphatic rings. The van der Waals surface area contributed by atoms with Crippen LogP contribution in [0.4, 0.5) is 0 Å². The zero-order valence-corrected chi connectivity index (χ0v) is 15.9. The Kier molecular flexibility index (Phi) is 5.81. The lowest BCUT2D eigenvalue weighted by atomic mass is 10.2. The van der Waals surface area contributed by atoms with E-state index >= 15 is 0 Å². The predicted molar refractivity (Wildman–Crippen MR) is 95.5 cm³/mol. The Morgan fingerprint density at radius 2 is 1.95 bits per heavy atom. The molecule has 8 heteroatoms.